The van der Waals surface area contributed by atoms with Gasteiger partial charge in [-0.3, -0.25) is 4.79 Å². The minimum absolute atomic E-state index is 0.0113. The van der Waals surface area contributed by atoms with Gasteiger partial charge in [-0.25, -0.2) is 0 Å². The summed E-state index contributed by atoms with van der Waals surface area (Å²) in [7, 11) is 0. The Kier molecular flexibility index (Phi) is 3.51. The first-order valence-electron chi connectivity index (χ1n) is 7.46. The molecule has 1 aliphatic carbocycles. The molecule has 3 aliphatic rings. The molecule has 3 rings (SSSR count). The minimum atomic E-state index is -0.346. The number of amides is 1. The summed E-state index contributed by atoms with van der Waals surface area (Å²) < 4.78 is 5.61. The van der Waals surface area contributed by atoms with Crippen molar-refractivity contribution in [2.45, 2.75) is 56.1 Å². The molecule has 5 nitrogen and oxygen atoms in total. The van der Waals surface area contributed by atoms with Crippen LogP contribution in [0.2, 0.25) is 0 Å². The molecule has 0 atom stereocenters. The van der Waals surface area contributed by atoms with Gasteiger partial charge in [0.1, 0.15) is 0 Å². The summed E-state index contributed by atoms with van der Waals surface area (Å²) in [5.74, 6) is 2.84. The maximum Gasteiger partial charge on any atom is 0.223 e. The summed E-state index contributed by atoms with van der Waals surface area (Å²) in [5, 5.41) is 8.19. The molecule has 0 aromatic carbocycles. The van der Waals surface area contributed by atoms with Crippen LogP contribution in [0.4, 0.5) is 0 Å². The number of hydrogen-bond acceptors (Lipinski definition) is 4. The van der Waals surface area contributed by atoms with E-state index in [0.717, 1.165) is 38.8 Å². The number of hydrogen-bond donors (Lipinski definition) is 0. The molecular formula is C15H21N3O2. The van der Waals surface area contributed by atoms with Crippen LogP contribution in [0.25, 0.3) is 0 Å². The largest absolute Gasteiger partial charge is 0.379 e. The van der Waals surface area contributed by atoms with E-state index in [9.17, 15) is 4.79 Å². The number of rotatable bonds is 5. The summed E-state index contributed by atoms with van der Waals surface area (Å²) >= 11 is 0. The van der Waals surface area contributed by atoms with Crippen LogP contribution in [-0.4, -0.2) is 41.8 Å². The number of terminal acetylenes is 1. The van der Waals surface area contributed by atoms with Crippen molar-refractivity contribution < 1.29 is 9.53 Å². The molecule has 20 heavy (non-hydrogen) atoms. The molecule has 0 N–H and O–H groups in total. The fourth-order valence-corrected chi connectivity index (χ4v) is 2.96. The standard InChI is InChI=1S/C15H21N3O2/c1-2-3-6-15(16-17-15)7-5-13(19)18-10-4-11-20-12-14(18)8-9-14/h1H,3-12H2. The van der Waals surface area contributed by atoms with Gasteiger partial charge in [-0.2, -0.15) is 10.2 Å². The molecular weight excluding hydrogens is 254 g/mol. The molecule has 2 heterocycles. The first kappa shape index (κ1) is 13.6. The van der Waals surface area contributed by atoms with Gasteiger partial charge in [0.05, 0.1) is 12.1 Å². The Balaban J connectivity index is 1.53. The van der Waals surface area contributed by atoms with Gasteiger partial charge in [0.2, 0.25) is 5.91 Å². The fourth-order valence-electron chi connectivity index (χ4n) is 2.96. The van der Waals surface area contributed by atoms with Crippen molar-refractivity contribution in [3.05, 3.63) is 0 Å². The lowest BCUT2D eigenvalue weighted by atomic mass is 10.0. The van der Waals surface area contributed by atoms with E-state index in [1.807, 2.05) is 0 Å². The lowest BCUT2D eigenvalue weighted by Crippen LogP contribution is -2.44. The predicted octanol–water partition coefficient (Wildman–Crippen LogP) is 2.12. The second-order valence-corrected chi connectivity index (χ2v) is 6.06. The second-order valence-electron chi connectivity index (χ2n) is 6.06. The average Bonchev–Trinajstić information content (AvgIpc) is 3.35. The van der Waals surface area contributed by atoms with Crippen molar-refractivity contribution in [1.29, 1.82) is 0 Å². The lowest BCUT2D eigenvalue weighted by Gasteiger charge is -2.29. The monoisotopic (exact) mass is 275 g/mol. The van der Waals surface area contributed by atoms with E-state index in [4.69, 9.17) is 11.2 Å². The number of carbonyl (C=O) groups is 1. The first-order chi connectivity index (χ1) is 9.70. The van der Waals surface area contributed by atoms with E-state index in [2.05, 4.69) is 21.0 Å². The third-order valence-electron chi connectivity index (χ3n) is 4.53. The number of nitrogens with zero attached hydrogens (tertiary/aromatic N) is 3. The van der Waals surface area contributed by atoms with E-state index >= 15 is 0 Å². The summed E-state index contributed by atoms with van der Waals surface area (Å²) in [6.07, 6.45) is 11.0. The van der Waals surface area contributed by atoms with Gasteiger partial charge < -0.3 is 9.64 Å². The van der Waals surface area contributed by atoms with Gasteiger partial charge in [0.15, 0.2) is 5.66 Å². The maximum atomic E-state index is 12.5. The van der Waals surface area contributed by atoms with Crippen molar-refractivity contribution in [2.75, 3.05) is 19.8 Å². The quantitative estimate of drug-likeness (QED) is 0.722. The molecule has 0 aromatic rings. The van der Waals surface area contributed by atoms with Crippen LogP contribution < -0.4 is 0 Å². The molecule has 0 unspecified atom stereocenters. The van der Waals surface area contributed by atoms with Gasteiger partial charge in [0, 0.05) is 38.8 Å². The molecule has 5 heteroatoms. The minimum Gasteiger partial charge on any atom is -0.379 e. The van der Waals surface area contributed by atoms with Crippen LogP contribution in [0.5, 0.6) is 0 Å². The third kappa shape index (κ3) is 2.71. The van der Waals surface area contributed by atoms with Crippen LogP contribution in [0.3, 0.4) is 0 Å². The normalized spacial score (nSPS) is 25.1. The topological polar surface area (TPSA) is 54.3 Å². The summed E-state index contributed by atoms with van der Waals surface area (Å²) in [4.78, 5) is 14.6. The zero-order valence-corrected chi connectivity index (χ0v) is 11.8. The first-order valence-corrected chi connectivity index (χ1v) is 7.46. The molecule has 1 saturated heterocycles. The molecule has 2 aliphatic heterocycles. The van der Waals surface area contributed by atoms with Crippen molar-refractivity contribution in [1.82, 2.24) is 4.90 Å². The smallest absolute Gasteiger partial charge is 0.223 e. The van der Waals surface area contributed by atoms with Crippen LogP contribution in [0.1, 0.15) is 44.9 Å². The number of carbonyl (C=O) groups excluding carboxylic acids is 1. The highest BCUT2D eigenvalue weighted by Crippen LogP contribution is 2.44. The molecule has 0 aromatic heterocycles. The van der Waals surface area contributed by atoms with Crippen molar-refractivity contribution in [2.24, 2.45) is 10.2 Å². The number of ether oxygens (including phenoxy) is 1. The highest BCUT2D eigenvalue weighted by atomic mass is 16.5. The Bertz CT molecular complexity index is 456. The molecule has 108 valence electrons. The highest BCUT2D eigenvalue weighted by Gasteiger charge is 2.51. The van der Waals surface area contributed by atoms with E-state index < -0.39 is 0 Å². The third-order valence-corrected chi connectivity index (χ3v) is 4.53. The molecule has 1 saturated carbocycles. The van der Waals surface area contributed by atoms with Crippen molar-refractivity contribution >= 4 is 5.91 Å². The fraction of sp³-hybridized carbons (Fsp3) is 0.800. The Hall–Kier alpha value is -1.41. The van der Waals surface area contributed by atoms with Crippen LogP contribution in [0.15, 0.2) is 10.2 Å². The van der Waals surface area contributed by atoms with Gasteiger partial charge in [-0.15, -0.1) is 12.3 Å². The summed E-state index contributed by atoms with van der Waals surface area (Å²) in [5.41, 5.74) is -0.335. The Morgan fingerprint density at radius 1 is 1.35 bits per heavy atom. The average molecular weight is 275 g/mol. The van der Waals surface area contributed by atoms with Gasteiger partial charge in [0.25, 0.3) is 0 Å². The molecule has 2 fully saturated rings. The molecule has 0 bridgehead atoms. The molecule has 0 radical (unpaired) electrons. The van der Waals surface area contributed by atoms with Crippen LogP contribution in [-0.2, 0) is 9.53 Å². The lowest BCUT2D eigenvalue weighted by molar-refractivity contribution is -0.135. The van der Waals surface area contributed by atoms with Crippen molar-refractivity contribution in [3.8, 4) is 12.3 Å². The van der Waals surface area contributed by atoms with Gasteiger partial charge in [-0.05, 0) is 19.3 Å². The summed E-state index contributed by atoms with van der Waals surface area (Å²) in [6, 6.07) is 0. The maximum absolute atomic E-state index is 12.5. The van der Waals surface area contributed by atoms with Gasteiger partial charge in [-0.1, -0.05) is 0 Å². The Morgan fingerprint density at radius 3 is 2.80 bits per heavy atom. The van der Waals surface area contributed by atoms with E-state index in [-0.39, 0.29) is 17.1 Å². The van der Waals surface area contributed by atoms with E-state index in [1.165, 1.54) is 0 Å². The Labute approximate surface area is 119 Å². The van der Waals surface area contributed by atoms with Crippen molar-refractivity contribution in [3.63, 3.8) is 0 Å². The molecule has 1 spiro atoms. The summed E-state index contributed by atoms with van der Waals surface area (Å²) in [6.45, 7) is 2.29. The second kappa shape index (κ2) is 5.17. The van der Waals surface area contributed by atoms with E-state index in [1.54, 1.807) is 0 Å². The zero-order valence-electron chi connectivity index (χ0n) is 11.8. The SMILES string of the molecule is C#CCCC1(CCC(=O)N2CCCOCC23CC3)N=N1. The highest BCUT2D eigenvalue weighted by molar-refractivity contribution is 5.77. The van der Waals surface area contributed by atoms with E-state index in [0.29, 0.717) is 25.9 Å². The Morgan fingerprint density at radius 2 is 2.15 bits per heavy atom. The van der Waals surface area contributed by atoms with Crippen LogP contribution in [0, 0.1) is 12.3 Å². The predicted molar refractivity (Wildman–Crippen MR) is 74.0 cm³/mol. The zero-order chi connectivity index (χ0) is 14.1. The van der Waals surface area contributed by atoms with Gasteiger partial charge >= 0.3 is 0 Å². The molecule has 1 amide bonds. The van der Waals surface area contributed by atoms with Crippen LogP contribution >= 0.6 is 0 Å².